The lowest BCUT2D eigenvalue weighted by atomic mass is 10.2. The molecule has 0 bridgehead atoms. The first-order valence-electron chi connectivity index (χ1n) is 3.81. The van der Waals surface area contributed by atoms with E-state index in [1.807, 2.05) is 0 Å². The molecule has 0 aromatic heterocycles. The lowest BCUT2D eigenvalue weighted by Gasteiger charge is -2.04. The van der Waals surface area contributed by atoms with Gasteiger partial charge in [-0.25, -0.2) is 8.78 Å². The molecule has 0 aliphatic carbocycles. The molecule has 84 valence electrons. The highest BCUT2D eigenvalue weighted by Crippen LogP contribution is 2.21. The van der Waals surface area contributed by atoms with Crippen molar-refractivity contribution in [3.63, 3.8) is 0 Å². The van der Waals surface area contributed by atoms with E-state index in [1.54, 1.807) is 0 Å². The Bertz CT molecular complexity index is 470. The van der Waals surface area contributed by atoms with Gasteiger partial charge in [-0.15, -0.1) is 0 Å². The van der Waals surface area contributed by atoms with E-state index >= 15 is 0 Å². The van der Waals surface area contributed by atoms with Crippen molar-refractivity contribution in [3.05, 3.63) is 29.3 Å². The molecule has 7 heteroatoms. The molecule has 4 nitrogen and oxygen atoms in total. The first-order valence-corrected chi connectivity index (χ1v) is 5.62. The van der Waals surface area contributed by atoms with E-state index in [-0.39, 0.29) is 5.56 Å². The van der Waals surface area contributed by atoms with Gasteiger partial charge in [0.15, 0.2) is 11.6 Å². The van der Waals surface area contributed by atoms with Crippen LogP contribution in [0.15, 0.2) is 12.1 Å². The van der Waals surface area contributed by atoms with Crippen LogP contribution in [0.4, 0.5) is 8.78 Å². The first-order chi connectivity index (χ1) is 6.79. The van der Waals surface area contributed by atoms with Crippen molar-refractivity contribution in [1.29, 1.82) is 0 Å². The number of rotatable bonds is 3. The number of phenolic OH excluding ortho intramolecular Hbond substituents is 1. The van der Waals surface area contributed by atoms with Crippen molar-refractivity contribution in [1.82, 2.24) is 0 Å². The normalized spacial score (nSPS) is 11.7. The maximum atomic E-state index is 12.7. The van der Waals surface area contributed by atoms with Crippen LogP contribution < -0.4 is 0 Å². The molecule has 1 N–H and O–H groups in total. The van der Waals surface area contributed by atoms with Crippen LogP contribution in [0.2, 0.25) is 0 Å². The Kier molecular flexibility index (Phi) is 3.25. The van der Waals surface area contributed by atoms with E-state index in [2.05, 4.69) is 4.18 Å². The molecule has 1 aromatic rings. The minimum atomic E-state index is -3.69. The Morgan fingerprint density at radius 1 is 1.33 bits per heavy atom. The fourth-order valence-electron chi connectivity index (χ4n) is 0.864. The van der Waals surface area contributed by atoms with E-state index in [0.29, 0.717) is 12.1 Å². The van der Waals surface area contributed by atoms with Crippen molar-refractivity contribution < 1.29 is 26.5 Å². The van der Waals surface area contributed by atoms with Gasteiger partial charge in [-0.3, -0.25) is 4.18 Å². The van der Waals surface area contributed by atoms with Crippen molar-refractivity contribution in [2.75, 3.05) is 6.26 Å². The molecule has 0 aliphatic rings. The van der Waals surface area contributed by atoms with Crippen LogP contribution in [-0.2, 0) is 20.9 Å². The third kappa shape index (κ3) is 3.45. The minimum Gasteiger partial charge on any atom is -0.507 e. The van der Waals surface area contributed by atoms with E-state index in [0.717, 1.165) is 6.26 Å². The number of halogens is 2. The van der Waals surface area contributed by atoms with Gasteiger partial charge in [-0.1, -0.05) is 0 Å². The molecule has 0 amide bonds. The van der Waals surface area contributed by atoms with Gasteiger partial charge in [0.05, 0.1) is 12.9 Å². The number of hydrogen-bond donors (Lipinski definition) is 1. The quantitative estimate of drug-likeness (QED) is 0.802. The highest BCUT2D eigenvalue weighted by atomic mass is 32.2. The Morgan fingerprint density at radius 3 is 2.40 bits per heavy atom. The summed E-state index contributed by atoms with van der Waals surface area (Å²) >= 11 is 0. The molecule has 1 rings (SSSR count). The standard InChI is InChI=1S/C8H8F2O4S/c1-15(12,13)14-4-5-2-6(9)7(10)3-8(5)11/h2-3,11H,4H2,1H3. The van der Waals surface area contributed by atoms with Gasteiger partial charge >= 0.3 is 0 Å². The molecule has 0 saturated heterocycles. The van der Waals surface area contributed by atoms with E-state index in [9.17, 15) is 17.2 Å². The number of aromatic hydroxyl groups is 1. The molecule has 1 aromatic carbocycles. The maximum Gasteiger partial charge on any atom is 0.264 e. The van der Waals surface area contributed by atoms with Gasteiger partial charge in [0.1, 0.15) is 5.75 Å². The molecule has 0 fully saturated rings. The summed E-state index contributed by atoms with van der Waals surface area (Å²) in [6.45, 7) is -0.540. The molecule has 0 saturated carbocycles. The number of benzene rings is 1. The topological polar surface area (TPSA) is 63.6 Å². The highest BCUT2D eigenvalue weighted by Gasteiger charge is 2.11. The molecule has 0 radical (unpaired) electrons. The summed E-state index contributed by atoms with van der Waals surface area (Å²) in [6.07, 6.45) is 0.809. The van der Waals surface area contributed by atoms with Gasteiger partial charge in [0.25, 0.3) is 10.1 Å². The third-order valence-corrected chi connectivity index (χ3v) is 2.10. The van der Waals surface area contributed by atoms with Crippen LogP contribution >= 0.6 is 0 Å². The third-order valence-electron chi connectivity index (χ3n) is 1.55. The highest BCUT2D eigenvalue weighted by molar-refractivity contribution is 7.85. The first kappa shape index (κ1) is 11.9. The van der Waals surface area contributed by atoms with Gasteiger partial charge < -0.3 is 5.11 Å². The SMILES string of the molecule is CS(=O)(=O)OCc1cc(F)c(F)cc1O. The minimum absolute atomic E-state index is 0.140. The van der Waals surface area contributed by atoms with Crippen LogP contribution in [0, 0.1) is 11.6 Å². The predicted molar refractivity (Wildman–Crippen MR) is 47.7 cm³/mol. The van der Waals surface area contributed by atoms with E-state index < -0.39 is 34.1 Å². The lowest BCUT2D eigenvalue weighted by molar-refractivity contribution is 0.303. The van der Waals surface area contributed by atoms with Crippen LogP contribution in [-0.4, -0.2) is 19.8 Å². The molecule has 0 aliphatic heterocycles. The van der Waals surface area contributed by atoms with Crippen molar-refractivity contribution in [3.8, 4) is 5.75 Å². The molecule has 0 atom stereocenters. The number of hydrogen-bond acceptors (Lipinski definition) is 4. The second-order valence-corrected chi connectivity index (χ2v) is 4.51. The summed E-state index contributed by atoms with van der Waals surface area (Å²) in [5, 5.41) is 9.13. The largest absolute Gasteiger partial charge is 0.507 e. The predicted octanol–water partition coefficient (Wildman–Crippen LogP) is 1.15. The lowest BCUT2D eigenvalue weighted by Crippen LogP contribution is -2.03. The Labute approximate surface area is 85.2 Å². The summed E-state index contributed by atoms with van der Waals surface area (Å²) in [4.78, 5) is 0. The maximum absolute atomic E-state index is 12.7. The van der Waals surface area contributed by atoms with Crippen molar-refractivity contribution >= 4 is 10.1 Å². The molecular formula is C8H8F2O4S. The van der Waals surface area contributed by atoms with Crippen LogP contribution in [0.25, 0.3) is 0 Å². The molecule has 0 heterocycles. The van der Waals surface area contributed by atoms with Crippen LogP contribution in [0.3, 0.4) is 0 Å². The van der Waals surface area contributed by atoms with Crippen molar-refractivity contribution in [2.24, 2.45) is 0 Å². The smallest absolute Gasteiger partial charge is 0.264 e. The van der Waals surface area contributed by atoms with Gasteiger partial charge in [0.2, 0.25) is 0 Å². The van der Waals surface area contributed by atoms with Gasteiger partial charge in [-0.05, 0) is 6.07 Å². The molecule has 15 heavy (non-hydrogen) atoms. The molecule has 0 unspecified atom stereocenters. The summed E-state index contributed by atoms with van der Waals surface area (Å²) in [6, 6.07) is 1.23. The van der Waals surface area contributed by atoms with Crippen LogP contribution in [0.5, 0.6) is 5.75 Å². The van der Waals surface area contributed by atoms with Crippen molar-refractivity contribution in [2.45, 2.75) is 6.61 Å². The fraction of sp³-hybridized carbons (Fsp3) is 0.250. The summed E-state index contributed by atoms with van der Waals surface area (Å²) in [7, 11) is -3.69. The Hall–Kier alpha value is -1.21. The van der Waals surface area contributed by atoms with Crippen LogP contribution in [0.1, 0.15) is 5.56 Å². The monoisotopic (exact) mass is 238 g/mol. The van der Waals surface area contributed by atoms with Gasteiger partial charge in [-0.2, -0.15) is 8.42 Å². The zero-order chi connectivity index (χ0) is 11.6. The second-order valence-electron chi connectivity index (χ2n) is 2.86. The average Bonchev–Trinajstić information content (AvgIpc) is 2.07. The summed E-state index contributed by atoms with van der Waals surface area (Å²) in [5.41, 5.74) is -0.140. The van der Waals surface area contributed by atoms with Gasteiger partial charge in [0, 0.05) is 11.6 Å². The zero-order valence-corrected chi connectivity index (χ0v) is 8.51. The molecular weight excluding hydrogens is 230 g/mol. The molecule has 0 spiro atoms. The summed E-state index contributed by atoms with van der Waals surface area (Å²) < 4.78 is 50.7. The fourth-order valence-corrected chi connectivity index (χ4v) is 1.20. The Morgan fingerprint density at radius 2 is 1.87 bits per heavy atom. The summed E-state index contributed by atoms with van der Waals surface area (Å²) in [5.74, 6) is -2.95. The number of phenols is 1. The zero-order valence-electron chi connectivity index (χ0n) is 7.70. The van der Waals surface area contributed by atoms with E-state index in [1.165, 1.54) is 0 Å². The second kappa shape index (κ2) is 4.11. The average molecular weight is 238 g/mol. The Balaban J connectivity index is 2.91. The van der Waals surface area contributed by atoms with E-state index in [4.69, 9.17) is 5.11 Å².